The maximum absolute atomic E-state index is 12.1. The van der Waals surface area contributed by atoms with E-state index >= 15 is 0 Å². The minimum Gasteiger partial charge on any atom is -0.347 e. The first-order valence-electron chi connectivity index (χ1n) is 6.26. The number of nitrogens with one attached hydrogen (secondary N) is 3. The molecule has 0 aliphatic rings. The minimum absolute atomic E-state index is 0.160. The van der Waals surface area contributed by atoms with Crippen LogP contribution in [0.4, 0.5) is 0 Å². The number of aromatic nitrogens is 2. The van der Waals surface area contributed by atoms with E-state index < -0.39 is 10.0 Å². The van der Waals surface area contributed by atoms with Crippen molar-refractivity contribution in [2.24, 2.45) is 0 Å². The molecule has 0 spiro atoms. The maximum Gasteiger partial charge on any atom is 0.250 e. The first-order valence-corrected chi connectivity index (χ1v) is 8.62. The third-order valence-corrected chi connectivity index (χ3v) is 5.48. The Kier molecular flexibility index (Phi) is 4.92. The van der Waals surface area contributed by atoms with Crippen LogP contribution < -0.4 is 10.0 Å². The SMILES string of the molecule is CC(C)NCc1csc(S(=O)(=O)NCc2ncc[nH]2)c1. The van der Waals surface area contributed by atoms with E-state index in [1.54, 1.807) is 18.5 Å². The molecule has 2 aromatic rings. The fourth-order valence-corrected chi connectivity index (χ4v) is 3.78. The molecule has 6 nitrogen and oxygen atoms in total. The van der Waals surface area contributed by atoms with E-state index in [0.29, 0.717) is 22.6 Å². The first-order chi connectivity index (χ1) is 9.47. The molecule has 0 bridgehead atoms. The second-order valence-corrected chi connectivity index (χ2v) is 7.58. The zero-order chi connectivity index (χ0) is 14.6. The summed E-state index contributed by atoms with van der Waals surface area (Å²) >= 11 is 1.22. The Labute approximate surface area is 122 Å². The predicted octanol–water partition coefficient (Wildman–Crippen LogP) is 1.45. The van der Waals surface area contributed by atoms with Crippen molar-refractivity contribution in [3.63, 3.8) is 0 Å². The fourth-order valence-electron chi connectivity index (χ4n) is 1.54. The Balaban J connectivity index is 1.98. The van der Waals surface area contributed by atoms with Crippen LogP contribution >= 0.6 is 11.3 Å². The Morgan fingerprint density at radius 3 is 2.85 bits per heavy atom. The summed E-state index contributed by atoms with van der Waals surface area (Å²) in [6.07, 6.45) is 3.24. The highest BCUT2D eigenvalue weighted by molar-refractivity contribution is 7.91. The highest BCUT2D eigenvalue weighted by Gasteiger charge is 2.16. The van der Waals surface area contributed by atoms with Gasteiger partial charge < -0.3 is 10.3 Å². The molecule has 20 heavy (non-hydrogen) atoms. The highest BCUT2D eigenvalue weighted by Crippen LogP contribution is 2.20. The van der Waals surface area contributed by atoms with Crippen LogP contribution in [0.5, 0.6) is 0 Å². The van der Waals surface area contributed by atoms with Crippen LogP contribution in [0, 0.1) is 0 Å². The van der Waals surface area contributed by atoms with Gasteiger partial charge in [-0.25, -0.2) is 18.1 Å². The average Bonchev–Trinajstić information content (AvgIpc) is 3.05. The van der Waals surface area contributed by atoms with Gasteiger partial charge >= 0.3 is 0 Å². The highest BCUT2D eigenvalue weighted by atomic mass is 32.2. The quantitative estimate of drug-likeness (QED) is 0.722. The van der Waals surface area contributed by atoms with E-state index in [1.165, 1.54) is 11.3 Å². The van der Waals surface area contributed by atoms with Gasteiger partial charge in [0.15, 0.2) is 0 Å². The van der Waals surface area contributed by atoms with Gasteiger partial charge in [0.1, 0.15) is 10.0 Å². The second kappa shape index (κ2) is 6.49. The number of rotatable bonds is 7. The zero-order valence-electron chi connectivity index (χ0n) is 11.4. The van der Waals surface area contributed by atoms with Crippen molar-refractivity contribution in [1.82, 2.24) is 20.0 Å². The number of nitrogens with zero attached hydrogens (tertiary/aromatic N) is 1. The summed E-state index contributed by atoms with van der Waals surface area (Å²) in [6, 6.07) is 2.07. The van der Waals surface area contributed by atoms with Crippen molar-refractivity contribution in [1.29, 1.82) is 0 Å². The molecule has 0 saturated carbocycles. The number of thiophene rings is 1. The summed E-state index contributed by atoms with van der Waals surface area (Å²) in [6.45, 7) is 4.93. The van der Waals surface area contributed by atoms with Gasteiger partial charge in [0.05, 0.1) is 6.54 Å². The van der Waals surface area contributed by atoms with Crippen molar-refractivity contribution >= 4 is 21.4 Å². The van der Waals surface area contributed by atoms with Crippen molar-refractivity contribution in [3.8, 4) is 0 Å². The molecule has 2 rings (SSSR count). The lowest BCUT2D eigenvalue weighted by atomic mass is 10.3. The largest absolute Gasteiger partial charge is 0.347 e. The normalized spacial score (nSPS) is 12.2. The molecule has 2 heterocycles. The van der Waals surface area contributed by atoms with Crippen molar-refractivity contribution in [2.45, 2.75) is 37.2 Å². The summed E-state index contributed by atoms with van der Waals surface area (Å²) in [5.41, 5.74) is 0.974. The van der Waals surface area contributed by atoms with Crippen LogP contribution in [0.3, 0.4) is 0 Å². The second-order valence-electron chi connectivity index (χ2n) is 4.67. The average molecular weight is 314 g/mol. The van der Waals surface area contributed by atoms with Crippen LogP contribution in [0.25, 0.3) is 0 Å². The number of hydrogen-bond acceptors (Lipinski definition) is 5. The Bertz CT molecular complexity index is 632. The number of H-pyrrole nitrogens is 1. The van der Waals surface area contributed by atoms with Crippen LogP contribution in [0.15, 0.2) is 28.0 Å². The number of imidazole rings is 1. The molecule has 0 aliphatic heterocycles. The lowest BCUT2D eigenvalue weighted by molar-refractivity contribution is 0.580. The standard InChI is InChI=1S/C12H18N4O2S2/c1-9(2)15-6-10-5-12(19-8-10)20(17,18)16-7-11-13-3-4-14-11/h3-5,8-9,15-16H,6-7H2,1-2H3,(H,13,14). The zero-order valence-corrected chi connectivity index (χ0v) is 13.0. The Morgan fingerprint density at radius 2 is 2.20 bits per heavy atom. The molecule has 0 aromatic carbocycles. The molecular formula is C12H18N4O2S2. The maximum atomic E-state index is 12.1. The fraction of sp³-hybridized carbons (Fsp3) is 0.417. The summed E-state index contributed by atoms with van der Waals surface area (Å²) in [4.78, 5) is 6.83. The van der Waals surface area contributed by atoms with Crippen LogP contribution in [-0.2, 0) is 23.1 Å². The van der Waals surface area contributed by atoms with Crippen molar-refractivity contribution in [2.75, 3.05) is 0 Å². The van der Waals surface area contributed by atoms with Gasteiger partial charge in [-0.3, -0.25) is 0 Å². The summed E-state index contributed by atoms with van der Waals surface area (Å²) in [5.74, 6) is 0.590. The molecule has 0 fully saturated rings. The van der Waals surface area contributed by atoms with E-state index in [0.717, 1.165) is 5.56 Å². The molecule has 8 heteroatoms. The van der Waals surface area contributed by atoms with Crippen LogP contribution in [-0.4, -0.2) is 24.4 Å². The van der Waals surface area contributed by atoms with Gasteiger partial charge in [0, 0.05) is 25.0 Å². The van der Waals surface area contributed by atoms with E-state index in [-0.39, 0.29) is 6.54 Å². The molecule has 0 atom stereocenters. The van der Waals surface area contributed by atoms with E-state index in [1.807, 2.05) is 5.38 Å². The topological polar surface area (TPSA) is 86.9 Å². The van der Waals surface area contributed by atoms with Gasteiger partial charge in [-0.15, -0.1) is 11.3 Å². The molecule has 0 saturated heterocycles. The van der Waals surface area contributed by atoms with Gasteiger partial charge in [0.2, 0.25) is 10.0 Å². The van der Waals surface area contributed by atoms with Gasteiger partial charge in [-0.1, -0.05) is 13.8 Å². The van der Waals surface area contributed by atoms with Gasteiger partial charge in [-0.2, -0.15) is 0 Å². The Hall–Kier alpha value is -1.22. The monoisotopic (exact) mass is 314 g/mol. The molecule has 0 unspecified atom stereocenters. The lowest BCUT2D eigenvalue weighted by Crippen LogP contribution is -2.23. The van der Waals surface area contributed by atoms with E-state index in [9.17, 15) is 8.42 Å². The smallest absolute Gasteiger partial charge is 0.250 e. The molecule has 0 amide bonds. The summed E-state index contributed by atoms with van der Waals surface area (Å²) in [7, 11) is -3.47. The minimum atomic E-state index is -3.47. The molecule has 3 N–H and O–H groups in total. The molecule has 110 valence electrons. The van der Waals surface area contributed by atoms with Crippen molar-refractivity contribution in [3.05, 3.63) is 35.2 Å². The van der Waals surface area contributed by atoms with Gasteiger partial charge in [-0.05, 0) is 17.0 Å². The third kappa shape index (κ3) is 4.14. The Morgan fingerprint density at radius 1 is 1.40 bits per heavy atom. The molecular weight excluding hydrogens is 296 g/mol. The van der Waals surface area contributed by atoms with E-state index in [4.69, 9.17) is 0 Å². The lowest BCUT2D eigenvalue weighted by Gasteiger charge is -2.05. The number of hydrogen-bond donors (Lipinski definition) is 3. The molecule has 0 aliphatic carbocycles. The van der Waals surface area contributed by atoms with Crippen molar-refractivity contribution < 1.29 is 8.42 Å². The molecule has 0 radical (unpaired) electrons. The van der Waals surface area contributed by atoms with E-state index in [2.05, 4.69) is 33.9 Å². The summed E-state index contributed by atoms with van der Waals surface area (Å²) in [5, 5.41) is 5.12. The van der Waals surface area contributed by atoms with Gasteiger partial charge in [0.25, 0.3) is 0 Å². The molecule has 2 aromatic heterocycles. The summed E-state index contributed by atoms with van der Waals surface area (Å²) < 4.78 is 27.1. The van der Waals surface area contributed by atoms with Crippen LogP contribution in [0.2, 0.25) is 0 Å². The number of aromatic amines is 1. The predicted molar refractivity (Wildman–Crippen MR) is 78.9 cm³/mol. The van der Waals surface area contributed by atoms with Crippen LogP contribution in [0.1, 0.15) is 25.2 Å². The number of sulfonamides is 1. The first kappa shape index (κ1) is 15.2. The third-order valence-electron chi connectivity index (χ3n) is 2.59.